The number of rotatable bonds is 7. The van der Waals surface area contributed by atoms with Crippen molar-refractivity contribution in [1.82, 2.24) is 8.61 Å². The van der Waals surface area contributed by atoms with Gasteiger partial charge >= 0.3 is 16.4 Å². The first-order valence-electron chi connectivity index (χ1n) is 10.0. The molecule has 1 atom stereocenters. The fourth-order valence-corrected chi connectivity index (χ4v) is 7.07. The van der Waals surface area contributed by atoms with Crippen molar-refractivity contribution in [3.8, 4) is 0 Å². The molecule has 0 saturated carbocycles. The van der Waals surface area contributed by atoms with Crippen LogP contribution in [0.5, 0.6) is 0 Å². The molecule has 12 heteroatoms. The van der Waals surface area contributed by atoms with Gasteiger partial charge in [-0.15, -0.1) is 0 Å². The lowest BCUT2D eigenvalue weighted by atomic mass is 10.0. The molecule has 1 saturated heterocycles. The fourth-order valence-electron chi connectivity index (χ4n) is 3.54. The number of carbonyl (C=O) groups is 1. The van der Waals surface area contributed by atoms with Crippen LogP contribution in [0, 0.1) is 5.92 Å². The molecule has 2 aromatic rings. The van der Waals surface area contributed by atoms with Crippen molar-refractivity contribution in [2.45, 2.75) is 43.9 Å². The third kappa shape index (κ3) is 5.39. The molecule has 7 nitrogen and oxygen atoms in total. The summed E-state index contributed by atoms with van der Waals surface area (Å²) in [4.78, 5) is 12.3. The summed E-state index contributed by atoms with van der Waals surface area (Å²) in [5, 5.41) is 0. The zero-order chi connectivity index (χ0) is 24.6. The van der Waals surface area contributed by atoms with E-state index in [2.05, 4.69) is 0 Å². The van der Waals surface area contributed by atoms with Crippen molar-refractivity contribution in [3.63, 3.8) is 0 Å². The Hall–Kier alpha value is -2.44. The van der Waals surface area contributed by atoms with E-state index in [1.165, 1.54) is 0 Å². The zero-order valence-corrected chi connectivity index (χ0v) is 19.5. The van der Waals surface area contributed by atoms with Crippen molar-refractivity contribution < 1.29 is 34.8 Å². The molecule has 1 aliphatic rings. The minimum absolute atomic E-state index is 0.0764. The lowest BCUT2D eigenvalue weighted by Crippen LogP contribution is -2.37. The van der Waals surface area contributed by atoms with Gasteiger partial charge in [0.15, 0.2) is 9.84 Å². The van der Waals surface area contributed by atoms with E-state index < -0.39 is 54.5 Å². The minimum atomic E-state index is -4.78. The number of carbonyl (C=O) groups excluding carboxylic acids is 1. The summed E-state index contributed by atoms with van der Waals surface area (Å²) < 4.78 is 92.4. The average molecular weight is 505 g/mol. The van der Waals surface area contributed by atoms with Gasteiger partial charge in [-0.25, -0.2) is 12.7 Å². The first kappa shape index (κ1) is 25.2. The third-order valence-electron chi connectivity index (χ3n) is 5.14. The van der Waals surface area contributed by atoms with Gasteiger partial charge in [0.1, 0.15) is 11.9 Å². The summed E-state index contributed by atoms with van der Waals surface area (Å²) in [7, 11) is -9.11. The van der Waals surface area contributed by atoms with Crippen LogP contribution in [0.4, 0.5) is 13.2 Å². The third-order valence-corrected chi connectivity index (χ3v) is 8.71. The Balaban J connectivity index is 1.97. The summed E-state index contributed by atoms with van der Waals surface area (Å²) in [6.45, 7) is 3.44. The topological polar surface area (TPSA) is 91.8 Å². The van der Waals surface area contributed by atoms with E-state index in [1.54, 1.807) is 44.2 Å². The predicted molar refractivity (Wildman–Crippen MR) is 114 cm³/mol. The van der Waals surface area contributed by atoms with E-state index in [1.807, 2.05) is 0 Å². The van der Waals surface area contributed by atoms with Crippen molar-refractivity contribution in [2.75, 3.05) is 5.88 Å². The van der Waals surface area contributed by atoms with Crippen molar-refractivity contribution in [3.05, 3.63) is 65.7 Å². The van der Waals surface area contributed by atoms with Gasteiger partial charge in [0, 0.05) is 6.54 Å². The Morgan fingerprint density at radius 1 is 1.03 bits per heavy atom. The molecular formula is C21H23F3N2O5S2. The highest BCUT2D eigenvalue weighted by Gasteiger charge is 2.51. The molecule has 2 aromatic carbocycles. The number of benzene rings is 2. The maximum Gasteiger partial charge on any atom is 0.416 e. The molecule has 0 spiro atoms. The number of nitrogens with zero attached hydrogens (tertiary/aromatic N) is 2. The molecule has 1 unspecified atom stereocenters. The van der Waals surface area contributed by atoms with Gasteiger partial charge in [0.05, 0.1) is 10.5 Å². The number of alkyl halides is 3. The molecule has 33 heavy (non-hydrogen) atoms. The summed E-state index contributed by atoms with van der Waals surface area (Å²) in [5.41, 5.74) is -0.590. The fraction of sp³-hybridized carbons (Fsp3) is 0.381. The molecule has 0 aliphatic carbocycles. The van der Waals surface area contributed by atoms with Crippen LogP contribution in [0.2, 0.25) is 0 Å². The van der Waals surface area contributed by atoms with Gasteiger partial charge in [0.2, 0.25) is 0 Å². The van der Waals surface area contributed by atoms with Crippen LogP contribution in [-0.4, -0.2) is 43.3 Å². The second kappa shape index (κ2) is 9.07. The molecule has 1 fully saturated rings. The summed E-state index contributed by atoms with van der Waals surface area (Å²) in [6, 6.07) is 10.4. The molecule has 0 aromatic heterocycles. The van der Waals surface area contributed by atoms with E-state index >= 15 is 0 Å². The zero-order valence-electron chi connectivity index (χ0n) is 17.9. The highest BCUT2D eigenvalue weighted by molar-refractivity contribution is 7.93. The summed E-state index contributed by atoms with van der Waals surface area (Å²) in [6.07, 6.45) is -4.62. The van der Waals surface area contributed by atoms with Crippen LogP contribution in [0.1, 0.15) is 31.4 Å². The van der Waals surface area contributed by atoms with Gasteiger partial charge in [-0.1, -0.05) is 50.2 Å². The smallest absolute Gasteiger partial charge is 0.272 e. The average Bonchev–Trinajstić information content (AvgIpc) is 2.89. The van der Waals surface area contributed by atoms with Gasteiger partial charge in [-0.05, 0) is 36.1 Å². The lowest BCUT2D eigenvalue weighted by molar-refractivity contribution is -0.137. The summed E-state index contributed by atoms with van der Waals surface area (Å²) in [5.74, 6) is -2.28. The maximum absolute atomic E-state index is 13.2. The molecule has 1 heterocycles. The highest BCUT2D eigenvalue weighted by atomic mass is 32.2. The normalized spacial score (nSPS) is 19.4. The molecular weight excluding hydrogens is 481 g/mol. The largest absolute Gasteiger partial charge is 0.416 e. The molecule has 0 N–H and O–H groups in total. The van der Waals surface area contributed by atoms with Crippen LogP contribution >= 0.6 is 0 Å². The number of hydrogen-bond acceptors (Lipinski definition) is 5. The van der Waals surface area contributed by atoms with Crippen LogP contribution in [-0.2, 0) is 37.6 Å². The van der Waals surface area contributed by atoms with Crippen molar-refractivity contribution >= 4 is 26.0 Å². The number of sulfone groups is 1. The Bertz CT molecular complexity index is 1230. The molecule has 3 rings (SSSR count). The van der Waals surface area contributed by atoms with Gasteiger partial charge in [-0.2, -0.15) is 25.9 Å². The van der Waals surface area contributed by atoms with E-state index in [-0.39, 0.29) is 23.2 Å². The van der Waals surface area contributed by atoms with Gasteiger partial charge in [-0.3, -0.25) is 4.79 Å². The van der Waals surface area contributed by atoms with Gasteiger partial charge in [0.25, 0.3) is 5.91 Å². The quantitative estimate of drug-likeness (QED) is 0.576. The van der Waals surface area contributed by atoms with Crippen LogP contribution in [0.3, 0.4) is 0 Å². The van der Waals surface area contributed by atoms with E-state index in [0.29, 0.717) is 17.7 Å². The second-order valence-electron chi connectivity index (χ2n) is 8.14. The van der Waals surface area contributed by atoms with E-state index in [0.717, 1.165) is 16.4 Å². The Morgan fingerprint density at radius 2 is 1.67 bits per heavy atom. The molecule has 0 bridgehead atoms. The predicted octanol–water partition coefficient (Wildman–Crippen LogP) is 3.44. The van der Waals surface area contributed by atoms with E-state index in [9.17, 15) is 34.8 Å². The van der Waals surface area contributed by atoms with E-state index in [4.69, 9.17) is 0 Å². The number of amides is 1. The second-order valence-corrected chi connectivity index (χ2v) is 11.9. The maximum atomic E-state index is 13.2. The first-order valence-corrected chi connectivity index (χ1v) is 13.1. The first-order chi connectivity index (χ1) is 15.2. The number of halogens is 3. The highest BCUT2D eigenvalue weighted by Crippen LogP contribution is 2.33. The molecule has 1 aliphatic heterocycles. The lowest BCUT2D eigenvalue weighted by Gasteiger charge is -2.22. The monoisotopic (exact) mass is 504 g/mol. The van der Waals surface area contributed by atoms with Crippen molar-refractivity contribution in [2.24, 2.45) is 5.92 Å². The Morgan fingerprint density at radius 3 is 2.24 bits per heavy atom. The number of hydrogen-bond donors (Lipinski definition) is 0. The SMILES string of the molecule is CC(C)CC1C(=O)N(CS(=O)(=O)c2cccc(C(F)(F)F)c2)S(=O)(=O)N1Cc1ccccc1. The Labute approximate surface area is 190 Å². The minimum Gasteiger partial charge on any atom is -0.272 e. The van der Waals surface area contributed by atoms with Crippen LogP contribution in [0.25, 0.3) is 0 Å². The van der Waals surface area contributed by atoms with Crippen molar-refractivity contribution in [1.29, 1.82) is 0 Å². The molecule has 0 radical (unpaired) electrons. The Kier molecular flexibility index (Phi) is 6.92. The van der Waals surface area contributed by atoms with Crippen LogP contribution < -0.4 is 0 Å². The molecule has 180 valence electrons. The van der Waals surface area contributed by atoms with Crippen LogP contribution in [0.15, 0.2) is 59.5 Å². The molecule has 1 amide bonds. The standard InChI is InChI=1S/C21H23F3N2O5S2/c1-15(2)11-19-20(27)26(33(30,31)25(19)13-16-7-4-3-5-8-16)14-32(28,29)18-10-6-9-17(12-18)21(22,23)24/h3-10,12,15,19H,11,13-14H2,1-2H3. The summed E-state index contributed by atoms with van der Waals surface area (Å²) >= 11 is 0. The van der Waals surface area contributed by atoms with Gasteiger partial charge < -0.3 is 0 Å².